The Hall–Kier alpha value is -1.82. The van der Waals surface area contributed by atoms with Crippen LogP contribution < -0.4 is 0 Å². The fourth-order valence-electron chi connectivity index (χ4n) is 2.18. The van der Waals surface area contributed by atoms with E-state index in [1.54, 1.807) is 24.4 Å². The van der Waals surface area contributed by atoms with Gasteiger partial charge in [-0.25, -0.2) is 4.68 Å². The Morgan fingerprint density at radius 3 is 2.65 bits per heavy atom. The summed E-state index contributed by atoms with van der Waals surface area (Å²) in [6.07, 6.45) is 2.33. The average Bonchev–Trinajstić information content (AvgIpc) is 2.82. The van der Waals surface area contributed by atoms with Crippen LogP contribution in [-0.4, -0.2) is 28.2 Å². The maximum Gasteiger partial charge on any atom is 0.292 e. The molecule has 2 heterocycles. The molecule has 106 valence electrons. The van der Waals surface area contributed by atoms with Gasteiger partial charge in [-0.2, -0.15) is 8.78 Å². The van der Waals surface area contributed by atoms with Crippen LogP contribution in [0.25, 0.3) is 0 Å². The SMILES string of the molecule is FC(F)(Cn1cc(CC2COC2)nn1)c1ccccc1. The number of rotatable bonds is 5. The summed E-state index contributed by atoms with van der Waals surface area (Å²) >= 11 is 0. The largest absolute Gasteiger partial charge is 0.381 e. The van der Waals surface area contributed by atoms with Crippen molar-refractivity contribution in [2.24, 2.45) is 5.92 Å². The summed E-state index contributed by atoms with van der Waals surface area (Å²) in [7, 11) is 0. The summed E-state index contributed by atoms with van der Waals surface area (Å²) in [6, 6.07) is 7.76. The first-order valence-corrected chi connectivity index (χ1v) is 6.53. The number of hydrogen-bond donors (Lipinski definition) is 0. The molecule has 0 unspecified atom stereocenters. The highest BCUT2D eigenvalue weighted by atomic mass is 19.3. The number of benzene rings is 1. The summed E-state index contributed by atoms with van der Waals surface area (Å²) < 4.78 is 34.5. The highest BCUT2D eigenvalue weighted by Gasteiger charge is 2.32. The fraction of sp³-hybridized carbons (Fsp3) is 0.429. The van der Waals surface area contributed by atoms with E-state index in [9.17, 15) is 8.78 Å². The standard InChI is InChI=1S/C14H15F2N3O/c15-14(16,12-4-2-1-3-5-12)10-19-7-13(17-18-19)6-11-8-20-9-11/h1-5,7,11H,6,8-10H2. The molecule has 2 aromatic rings. The van der Waals surface area contributed by atoms with Gasteiger partial charge in [-0.05, 0) is 0 Å². The lowest BCUT2D eigenvalue weighted by molar-refractivity contribution is -0.0317. The van der Waals surface area contributed by atoms with E-state index in [1.165, 1.54) is 16.8 Å². The molecular weight excluding hydrogens is 264 g/mol. The summed E-state index contributed by atoms with van der Waals surface area (Å²) in [6.45, 7) is 0.936. The van der Waals surface area contributed by atoms with Crippen LogP contribution in [0.3, 0.4) is 0 Å². The van der Waals surface area contributed by atoms with E-state index < -0.39 is 12.5 Å². The van der Waals surface area contributed by atoms with Crippen molar-refractivity contribution in [1.82, 2.24) is 15.0 Å². The summed E-state index contributed by atoms with van der Waals surface area (Å²) in [5, 5.41) is 7.72. The summed E-state index contributed by atoms with van der Waals surface area (Å²) in [5.74, 6) is -2.51. The highest BCUT2D eigenvalue weighted by Crippen LogP contribution is 2.29. The second kappa shape index (κ2) is 5.28. The van der Waals surface area contributed by atoms with E-state index in [0.717, 1.165) is 12.1 Å². The van der Waals surface area contributed by atoms with E-state index in [0.29, 0.717) is 19.1 Å². The van der Waals surface area contributed by atoms with Gasteiger partial charge in [-0.1, -0.05) is 35.5 Å². The van der Waals surface area contributed by atoms with Crippen molar-refractivity contribution < 1.29 is 13.5 Å². The number of aromatic nitrogens is 3. The molecule has 0 amide bonds. The molecule has 1 saturated heterocycles. The number of ether oxygens (including phenoxy) is 1. The summed E-state index contributed by atoms with van der Waals surface area (Å²) in [5.41, 5.74) is 0.728. The van der Waals surface area contributed by atoms with Crippen LogP contribution >= 0.6 is 0 Å². The van der Waals surface area contributed by atoms with Gasteiger partial charge in [-0.3, -0.25) is 0 Å². The maximum absolute atomic E-state index is 14.1. The van der Waals surface area contributed by atoms with E-state index in [4.69, 9.17) is 4.74 Å². The van der Waals surface area contributed by atoms with Crippen LogP contribution in [-0.2, 0) is 23.6 Å². The zero-order chi connectivity index (χ0) is 14.0. The molecule has 0 saturated carbocycles. The molecule has 0 atom stereocenters. The fourth-order valence-corrected chi connectivity index (χ4v) is 2.18. The van der Waals surface area contributed by atoms with Gasteiger partial charge < -0.3 is 4.74 Å². The van der Waals surface area contributed by atoms with E-state index in [2.05, 4.69) is 10.3 Å². The monoisotopic (exact) mass is 279 g/mol. The molecule has 1 aliphatic heterocycles. The minimum atomic E-state index is -2.95. The molecule has 0 bridgehead atoms. The van der Waals surface area contributed by atoms with Gasteiger partial charge in [0, 0.05) is 24.1 Å². The molecule has 20 heavy (non-hydrogen) atoms. The van der Waals surface area contributed by atoms with Gasteiger partial charge in [0.1, 0.15) is 6.54 Å². The van der Waals surface area contributed by atoms with Gasteiger partial charge in [0.05, 0.1) is 18.9 Å². The molecule has 4 nitrogen and oxygen atoms in total. The Balaban J connectivity index is 1.67. The first-order valence-electron chi connectivity index (χ1n) is 6.53. The van der Waals surface area contributed by atoms with E-state index in [1.807, 2.05) is 0 Å². The van der Waals surface area contributed by atoms with Crippen molar-refractivity contribution in [2.75, 3.05) is 13.2 Å². The third-order valence-electron chi connectivity index (χ3n) is 3.35. The predicted octanol–water partition coefficient (Wildman–Crippen LogP) is 2.26. The van der Waals surface area contributed by atoms with E-state index in [-0.39, 0.29) is 5.56 Å². The summed E-state index contributed by atoms with van der Waals surface area (Å²) in [4.78, 5) is 0. The molecule has 1 aromatic carbocycles. The molecule has 1 aromatic heterocycles. The van der Waals surface area contributed by atoms with Gasteiger partial charge in [0.25, 0.3) is 5.92 Å². The van der Waals surface area contributed by atoms with Crippen molar-refractivity contribution in [2.45, 2.75) is 18.9 Å². The lowest BCUT2D eigenvalue weighted by Gasteiger charge is -2.24. The molecule has 0 spiro atoms. The Kier molecular flexibility index (Phi) is 3.48. The number of halogens is 2. The first-order chi connectivity index (χ1) is 9.63. The molecule has 3 rings (SSSR count). The number of alkyl halides is 2. The molecule has 0 N–H and O–H groups in total. The highest BCUT2D eigenvalue weighted by molar-refractivity contribution is 5.19. The quantitative estimate of drug-likeness (QED) is 0.843. The molecule has 0 radical (unpaired) electrons. The Morgan fingerprint density at radius 1 is 1.25 bits per heavy atom. The first kappa shape index (κ1) is 13.2. The zero-order valence-electron chi connectivity index (χ0n) is 10.9. The lowest BCUT2D eigenvalue weighted by atomic mass is 10.0. The topological polar surface area (TPSA) is 39.9 Å². The average molecular weight is 279 g/mol. The van der Waals surface area contributed by atoms with Crippen LogP contribution in [0.2, 0.25) is 0 Å². The number of nitrogens with zero attached hydrogens (tertiary/aromatic N) is 3. The predicted molar refractivity (Wildman–Crippen MR) is 68.4 cm³/mol. The van der Waals surface area contributed by atoms with Crippen LogP contribution in [0.4, 0.5) is 8.78 Å². The second-order valence-corrected chi connectivity index (χ2v) is 5.09. The maximum atomic E-state index is 14.1. The molecule has 1 fully saturated rings. The minimum absolute atomic E-state index is 0.00978. The molecule has 0 aliphatic carbocycles. The van der Waals surface area contributed by atoms with Crippen molar-refractivity contribution in [3.05, 3.63) is 47.8 Å². The smallest absolute Gasteiger partial charge is 0.292 e. The Bertz CT molecular complexity index is 567. The Morgan fingerprint density at radius 2 is 2.00 bits per heavy atom. The lowest BCUT2D eigenvalue weighted by Crippen LogP contribution is -2.29. The van der Waals surface area contributed by atoms with E-state index >= 15 is 0 Å². The third kappa shape index (κ3) is 2.85. The zero-order valence-corrected chi connectivity index (χ0v) is 10.9. The van der Waals surface area contributed by atoms with Gasteiger partial charge >= 0.3 is 0 Å². The molecular formula is C14H15F2N3O. The molecule has 1 aliphatic rings. The van der Waals surface area contributed by atoms with Gasteiger partial charge in [-0.15, -0.1) is 5.10 Å². The molecule has 6 heteroatoms. The second-order valence-electron chi connectivity index (χ2n) is 5.09. The van der Waals surface area contributed by atoms with Crippen LogP contribution in [0.1, 0.15) is 11.3 Å². The van der Waals surface area contributed by atoms with Gasteiger partial charge in [0.2, 0.25) is 0 Å². The van der Waals surface area contributed by atoms with Crippen molar-refractivity contribution >= 4 is 0 Å². The van der Waals surface area contributed by atoms with Crippen LogP contribution in [0, 0.1) is 5.92 Å². The van der Waals surface area contributed by atoms with Crippen molar-refractivity contribution in [3.63, 3.8) is 0 Å². The third-order valence-corrected chi connectivity index (χ3v) is 3.35. The number of hydrogen-bond acceptors (Lipinski definition) is 3. The van der Waals surface area contributed by atoms with Crippen molar-refractivity contribution in [1.29, 1.82) is 0 Å². The van der Waals surface area contributed by atoms with Crippen LogP contribution in [0.5, 0.6) is 0 Å². The minimum Gasteiger partial charge on any atom is -0.381 e. The Labute approximate surface area is 115 Å². The van der Waals surface area contributed by atoms with Crippen molar-refractivity contribution in [3.8, 4) is 0 Å². The normalized spacial score (nSPS) is 16.1. The van der Waals surface area contributed by atoms with Crippen LogP contribution in [0.15, 0.2) is 36.5 Å². The van der Waals surface area contributed by atoms with Gasteiger partial charge in [0.15, 0.2) is 0 Å².